The largest absolute Gasteiger partial charge is 0.372 e. The molecule has 6 nitrogen and oxygen atoms in total. The standard InChI is InChI=1S/C18H29N3O3S/c1-15(2)21(25(3,23)24)14-11-18(22)19-16-7-9-17(10-8-16)20-12-5-4-6-13-20/h7-10,15H,4-6,11-14H2,1-3H3,(H,19,22). The van der Waals surface area contributed by atoms with Crippen LogP contribution in [0, 0.1) is 0 Å². The minimum absolute atomic E-state index is 0.138. The molecule has 2 rings (SSSR count). The molecule has 0 aromatic heterocycles. The van der Waals surface area contributed by atoms with Crippen LogP contribution in [0.3, 0.4) is 0 Å². The summed E-state index contributed by atoms with van der Waals surface area (Å²) in [6.07, 6.45) is 5.06. The molecular weight excluding hydrogens is 338 g/mol. The molecule has 1 aromatic rings. The van der Waals surface area contributed by atoms with Gasteiger partial charge in [-0.3, -0.25) is 4.79 Å². The van der Waals surface area contributed by atoms with Crippen molar-refractivity contribution in [1.29, 1.82) is 0 Å². The molecule has 25 heavy (non-hydrogen) atoms. The van der Waals surface area contributed by atoms with Gasteiger partial charge in [0.15, 0.2) is 0 Å². The predicted octanol–water partition coefficient (Wildman–Crippen LogP) is 2.68. The van der Waals surface area contributed by atoms with E-state index >= 15 is 0 Å². The topological polar surface area (TPSA) is 69.7 Å². The Morgan fingerprint density at radius 2 is 1.76 bits per heavy atom. The Morgan fingerprint density at radius 3 is 2.28 bits per heavy atom. The van der Waals surface area contributed by atoms with Gasteiger partial charge in [-0.05, 0) is 57.4 Å². The number of sulfonamides is 1. The first-order chi connectivity index (χ1) is 11.8. The smallest absolute Gasteiger partial charge is 0.225 e. The van der Waals surface area contributed by atoms with E-state index in [2.05, 4.69) is 10.2 Å². The SMILES string of the molecule is CC(C)N(CCC(=O)Nc1ccc(N2CCCCC2)cc1)S(C)(=O)=O. The second kappa shape index (κ2) is 8.67. The summed E-state index contributed by atoms with van der Waals surface area (Å²) >= 11 is 0. The van der Waals surface area contributed by atoms with Crippen molar-refractivity contribution in [3.8, 4) is 0 Å². The van der Waals surface area contributed by atoms with Crippen LogP contribution in [-0.4, -0.2) is 50.6 Å². The highest BCUT2D eigenvalue weighted by molar-refractivity contribution is 7.88. The van der Waals surface area contributed by atoms with Crippen molar-refractivity contribution in [2.75, 3.05) is 36.1 Å². The van der Waals surface area contributed by atoms with E-state index in [9.17, 15) is 13.2 Å². The molecule has 0 aliphatic carbocycles. The number of nitrogens with one attached hydrogen (secondary N) is 1. The molecule has 7 heteroatoms. The number of benzene rings is 1. The van der Waals surface area contributed by atoms with Gasteiger partial charge in [0.2, 0.25) is 15.9 Å². The molecule has 1 aliphatic rings. The first-order valence-corrected chi connectivity index (χ1v) is 10.7. The van der Waals surface area contributed by atoms with Crippen molar-refractivity contribution in [3.05, 3.63) is 24.3 Å². The van der Waals surface area contributed by atoms with Crippen LogP contribution in [0.15, 0.2) is 24.3 Å². The molecule has 1 aromatic carbocycles. The van der Waals surface area contributed by atoms with E-state index in [0.717, 1.165) is 18.8 Å². The average molecular weight is 368 g/mol. The summed E-state index contributed by atoms with van der Waals surface area (Å²) in [5.74, 6) is -0.181. The van der Waals surface area contributed by atoms with Crippen molar-refractivity contribution in [2.45, 2.75) is 45.6 Å². The van der Waals surface area contributed by atoms with Gasteiger partial charge in [0.05, 0.1) is 6.26 Å². The molecule has 0 bridgehead atoms. The van der Waals surface area contributed by atoms with Gasteiger partial charge in [-0.1, -0.05) is 0 Å². The molecule has 0 radical (unpaired) electrons. The van der Waals surface area contributed by atoms with Gasteiger partial charge in [0.1, 0.15) is 0 Å². The van der Waals surface area contributed by atoms with E-state index in [-0.39, 0.29) is 24.9 Å². The fourth-order valence-corrected chi connectivity index (χ4v) is 4.34. The van der Waals surface area contributed by atoms with Gasteiger partial charge < -0.3 is 10.2 Å². The Morgan fingerprint density at radius 1 is 1.16 bits per heavy atom. The number of amides is 1. The lowest BCUT2D eigenvalue weighted by molar-refractivity contribution is -0.116. The summed E-state index contributed by atoms with van der Waals surface area (Å²) in [6.45, 7) is 5.97. The number of hydrogen-bond acceptors (Lipinski definition) is 4. The molecule has 0 saturated carbocycles. The van der Waals surface area contributed by atoms with Crippen molar-refractivity contribution in [2.24, 2.45) is 0 Å². The quantitative estimate of drug-likeness (QED) is 0.804. The lowest BCUT2D eigenvalue weighted by atomic mass is 10.1. The number of anilines is 2. The second-order valence-corrected chi connectivity index (χ2v) is 8.80. The molecule has 0 atom stereocenters. The second-order valence-electron chi connectivity index (χ2n) is 6.86. The molecular formula is C18H29N3O3S. The Hall–Kier alpha value is -1.60. The third kappa shape index (κ3) is 6.01. The maximum atomic E-state index is 12.1. The van der Waals surface area contributed by atoms with Crippen molar-refractivity contribution >= 4 is 27.3 Å². The van der Waals surface area contributed by atoms with E-state index in [0.29, 0.717) is 0 Å². The van der Waals surface area contributed by atoms with E-state index in [1.807, 2.05) is 24.3 Å². The molecule has 1 heterocycles. The summed E-state index contributed by atoms with van der Waals surface area (Å²) in [5.41, 5.74) is 1.92. The summed E-state index contributed by atoms with van der Waals surface area (Å²) in [7, 11) is -3.30. The van der Waals surface area contributed by atoms with Crippen LogP contribution in [-0.2, 0) is 14.8 Å². The van der Waals surface area contributed by atoms with E-state index in [1.54, 1.807) is 13.8 Å². The number of piperidine rings is 1. The number of carbonyl (C=O) groups excluding carboxylic acids is 1. The van der Waals surface area contributed by atoms with Gasteiger partial charge >= 0.3 is 0 Å². The Bertz CT molecular complexity index is 665. The van der Waals surface area contributed by atoms with Crippen LogP contribution >= 0.6 is 0 Å². The Labute approximate surface area is 151 Å². The van der Waals surface area contributed by atoms with E-state index in [1.165, 1.54) is 35.5 Å². The minimum Gasteiger partial charge on any atom is -0.372 e. The van der Waals surface area contributed by atoms with Crippen LogP contribution in [0.1, 0.15) is 39.5 Å². The zero-order valence-electron chi connectivity index (χ0n) is 15.4. The lowest BCUT2D eigenvalue weighted by Gasteiger charge is -2.28. The predicted molar refractivity (Wildman–Crippen MR) is 102 cm³/mol. The van der Waals surface area contributed by atoms with Gasteiger partial charge in [-0.15, -0.1) is 0 Å². The highest BCUT2D eigenvalue weighted by Crippen LogP contribution is 2.21. The maximum absolute atomic E-state index is 12.1. The molecule has 1 N–H and O–H groups in total. The van der Waals surface area contributed by atoms with Gasteiger partial charge in [0, 0.05) is 43.5 Å². The zero-order chi connectivity index (χ0) is 18.4. The van der Waals surface area contributed by atoms with Crippen LogP contribution < -0.4 is 10.2 Å². The zero-order valence-corrected chi connectivity index (χ0v) is 16.2. The van der Waals surface area contributed by atoms with E-state index in [4.69, 9.17) is 0 Å². The molecule has 1 fully saturated rings. The van der Waals surface area contributed by atoms with Gasteiger partial charge in [-0.25, -0.2) is 8.42 Å². The summed E-state index contributed by atoms with van der Waals surface area (Å²) < 4.78 is 24.8. The minimum atomic E-state index is -3.30. The summed E-state index contributed by atoms with van der Waals surface area (Å²) in [6, 6.07) is 7.69. The summed E-state index contributed by atoms with van der Waals surface area (Å²) in [5, 5.41) is 2.84. The summed E-state index contributed by atoms with van der Waals surface area (Å²) in [4.78, 5) is 14.5. The van der Waals surface area contributed by atoms with Crippen molar-refractivity contribution in [1.82, 2.24) is 4.31 Å². The monoisotopic (exact) mass is 367 g/mol. The first-order valence-electron chi connectivity index (χ1n) is 8.89. The maximum Gasteiger partial charge on any atom is 0.225 e. The number of carbonyl (C=O) groups is 1. The average Bonchev–Trinajstić information content (AvgIpc) is 2.55. The molecule has 140 valence electrons. The highest BCUT2D eigenvalue weighted by atomic mass is 32.2. The molecule has 0 unspecified atom stereocenters. The normalized spacial score (nSPS) is 15.6. The van der Waals surface area contributed by atoms with Crippen LogP contribution in [0.25, 0.3) is 0 Å². The van der Waals surface area contributed by atoms with Crippen LogP contribution in [0.2, 0.25) is 0 Å². The fourth-order valence-electron chi connectivity index (χ4n) is 3.15. The molecule has 1 aliphatic heterocycles. The molecule has 0 spiro atoms. The number of nitrogens with zero attached hydrogens (tertiary/aromatic N) is 2. The Kier molecular flexibility index (Phi) is 6.84. The molecule has 1 amide bonds. The van der Waals surface area contributed by atoms with Crippen LogP contribution in [0.5, 0.6) is 0 Å². The number of rotatable bonds is 7. The highest BCUT2D eigenvalue weighted by Gasteiger charge is 2.20. The first kappa shape index (κ1) is 19.7. The van der Waals surface area contributed by atoms with Gasteiger partial charge in [0.25, 0.3) is 0 Å². The fraction of sp³-hybridized carbons (Fsp3) is 0.611. The van der Waals surface area contributed by atoms with Gasteiger partial charge in [-0.2, -0.15) is 4.31 Å². The Balaban J connectivity index is 1.87. The third-order valence-electron chi connectivity index (χ3n) is 4.43. The third-order valence-corrected chi connectivity index (χ3v) is 5.89. The molecule has 1 saturated heterocycles. The van der Waals surface area contributed by atoms with Crippen LogP contribution in [0.4, 0.5) is 11.4 Å². The lowest BCUT2D eigenvalue weighted by Crippen LogP contribution is -2.38. The van der Waals surface area contributed by atoms with E-state index < -0.39 is 10.0 Å². The van der Waals surface area contributed by atoms with Crippen molar-refractivity contribution in [3.63, 3.8) is 0 Å². The number of hydrogen-bond donors (Lipinski definition) is 1. The van der Waals surface area contributed by atoms with Crippen molar-refractivity contribution < 1.29 is 13.2 Å².